The molecule has 0 radical (unpaired) electrons. The van der Waals surface area contributed by atoms with Gasteiger partial charge in [0, 0.05) is 12.6 Å². The fraction of sp³-hybridized carbons (Fsp3) is 0.500. The maximum absolute atomic E-state index is 5.91. The van der Waals surface area contributed by atoms with Crippen molar-refractivity contribution in [1.82, 2.24) is 0 Å². The second-order valence-electron chi connectivity index (χ2n) is 3.47. The Balaban J connectivity index is 2.42. The Bertz CT molecular complexity index is 271. The molecule has 0 saturated carbocycles. The Morgan fingerprint density at radius 1 is 1.27 bits per heavy atom. The molecule has 1 atom stereocenters. The van der Waals surface area contributed by atoms with Gasteiger partial charge in [-0.05, 0) is 31.0 Å². The van der Waals surface area contributed by atoms with Gasteiger partial charge in [-0.15, -0.1) is 0 Å². The van der Waals surface area contributed by atoms with E-state index in [9.17, 15) is 0 Å². The monoisotopic (exact) mass is 209 g/mol. The first-order valence-electron chi connectivity index (χ1n) is 5.22. The van der Waals surface area contributed by atoms with Gasteiger partial charge in [0.1, 0.15) is 5.75 Å². The third kappa shape index (κ3) is 4.32. The van der Waals surface area contributed by atoms with Crippen molar-refractivity contribution in [2.45, 2.75) is 19.4 Å². The SMILES string of the molecule is CCOCC(N)Cc1ccc(OC)cc1. The highest BCUT2D eigenvalue weighted by atomic mass is 16.5. The molecule has 0 amide bonds. The number of hydrogen-bond donors (Lipinski definition) is 1. The first-order valence-corrected chi connectivity index (χ1v) is 5.22. The topological polar surface area (TPSA) is 44.5 Å². The van der Waals surface area contributed by atoms with Crippen LogP contribution in [0.4, 0.5) is 0 Å². The van der Waals surface area contributed by atoms with E-state index in [1.807, 2.05) is 31.2 Å². The first kappa shape index (κ1) is 12.0. The van der Waals surface area contributed by atoms with Gasteiger partial charge in [0.15, 0.2) is 0 Å². The van der Waals surface area contributed by atoms with Crippen LogP contribution in [0.2, 0.25) is 0 Å². The highest BCUT2D eigenvalue weighted by molar-refractivity contribution is 5.27. The molecular weight excluding hydrogens is 190 g/mol. The molecule has 0 aliphatic rings. The van der Waals surface area contributed by atoms with E-state index in [4.69, 9.17) is 15.2 Å². The van der Waals surface area contributed by atoms with Gasteiger partial charge in [-0.1, -0.05) is 12.1 Å². The summed E-state index contributed by atoms with van der Waals surface area (Å²) in [6.07, 6.45) is 0.837. The molecule has 0 bridgehead atoms. The lowest BCUT2D eigenvalue weighted by molar-refractivity contribution is 0.133. The van der Waals surface area contributed by atoms with E-state index in [0.717, 1.165) is 18.8 Å². The molecule has 3 heteroatoms. The van der Waals surface area contributed by atoms with Gasteiger partial charge in [0.2, 0.25) is 0 Å². The number of methoxy groups -OCH3 is 1. The fourth-order valence-electron chi connectivity index (χ4n) is 1.39. The molecule has 0 heterocycles. The zero-order chi connectivity index (χ0) is 11.1. The molecule has 1 unspecified atom stereocenters. The van der Waals surface area contributed by atoms with Crippen LogP contribution >= 0.6 is 0 Å². The predicted octanol–water partition coefficient (Wildman–Crippen LogP) is 1.60. The third-order valence-electron chi connectivity index (χ3n) is 2.19. The molecule has 0 aromatic heterocycles. The van der Waals surface area contributed by atoms with E-state index >= 15 is 0 Å². The highest BCUT2D eigenvalue weighted by Gasteiger charge is 2.03. The lowest BCUT2D eigenvalue weighted by Gasteiger charge is -2.11. The zero-order valence-corrected chi connectivity index (χ0v) is 9.40. The average Bonchev–Trinajstić information content (AvgIpc) is 2.27. The van der Waals surface area contributed by atoms with Crippen LogP contribution in [-0.4, -0.2) is 26.4 Å². The lowest BCUT2D eigenvalue weighted by Crippen LogP contribution is -2.28. The summed E-state index contributed by atoms with van der Waals surface area (Å²) in [5.74, 6) is 0.872. The number of ether oxygens (including phenoxy) is 2. The van der Waals surface area contributed by atoms with E-state index < -0.39 is 0 Å². The number of benzene rings is 1. The summed E-state index contributed by atoms with van der Waals surface area (Å²) in [7, 11) is 1.66. The standard InChI is InChI=1S/C12H19NO2/c1-3-15-9-11(13)8-10-4-6-12(14-2)7-5-10/h4-7,11H,3,8-9,13H2,1-2H3. The van der Waals surface area contributed by atoms with Gasteiger partial charge in [-0.25, -0.2) is 0 Å². The van der Waals surface area contributed by atoms with Crippen LogP contribution < -0.4 is 10.5 Å². The Hall–Kier alpha value is -1.06. The number of nitrogens with two attached hydrogens (primary N) is 1. The molecule has 3 nitrogen and oxygen atoms in total. The smallest absolute Gasteiger partial charge is 0.118 e. The van der Waals surface area contributed by atoms with Crippen LogP contribution in [0.3, 0.4) is 0 Å². The molecule has 1 aromatic carbocycles. The molecule has 0 aliphatic carbocycles. The zero-order valence-electron chi connectivity index (χ0n) is 9.40. The molecule has 2 N–H and O–H groups in total. The van der Waals surface area contributed by atoms with E-state index in [2.05, 4.69) is 0 Å². The largest absolute Gasteiger partial charge is 0.497 e. The lowest BCUT2D eigenvalue weighted by atomic mass is 10.1. The van der Waals surface area contributed by atoms with Crippen LogP contribution in [0.15, 0.2) is 24.3 Å². The second-order valence-corrected chi connectivity index (χ2v) is 3.47. The summed E-state index contributed by atoms with van der Waals surface area (Å²) in [4.78, 5) is 0. The van der Waals surface area contributed by atoms with Crippen molar-refractivity contribution in [2.75, 3.05) is 20.3 Å². The Labute approximate surface area is 91.2 Å². The second kappa shape index (κ2) is 6.43. The molecular formula is C12H19NO2. The van der Waals surface area contributed by atoms with E-state index in [0.29, 0.717) is 6.61 Å². The van der Waals surface area contributed by atoms with Gasteiger partial charge in [0.25, 0.3) is 0 Å². The van der Waals surface area contributed by atoms with Crippen molar-refractivity contribution in [3.63, 3.8) is 0 Å². The number of rotatable bonds is 6. The number of hydrogen-bond acceptors (Lipinski definition) is 3. The molecule has 0 fully saturated rings. The summed E-state index contributed by atoms with van der Waals surface area (Å²) < 4.78 is 10.3. The maximum Gasteiger partial charge on any atom is 0.118 e. The molecule has 0 saturated heterocycles. The molecule has 1 rings (SSSR count). The summed E-state index contributed by atoms with van der Waals surface area (Å²) in [5.41, 5.74) is 7.12. The summed E-state index contributed by atoms with van der Waals surface area (Å²) in [5, 5.41) is 0. The van der Waals surface area contributed by atoms with Gasteiger partial charge < -0.3 is 15.2 Å². The van der Waals surface area contributed by atoms with Crippen molar-refractivity contribution in [3.05, 3.63) is 29.8 Å². The third-order valence-corrected chi connectivity index (χ3v) is 2.19. The first-order chi connectivity index (χ1) is 7.26. The minimum absolute atomic E-state index is 0.0679. The highest BCUT2D eigenvalue weighted by Crippen LogP contribution is 2.12. The minimum Gasteiger partial charge on any atom is -0.497 e. The van der Waals surface area contributed by atoms with E-state index in [1.165, 1.54) is 5.56 Å². The van der Waals surface area contributed by atoms with E-state index in [-0.39, 0.29) is 6.04 Å². The summed E-state index contributed by atoms with van der Waals surface area (Å²) in [6.45, 7) is 3.30. The van der Waals surface area contributed by atoms with Crippen LogP contribution in [-0.2, 0) is 11.2 Å². The van der Waals surface area contributed by atoms with E-state index in [1.54, 1.807) is 7.11 Å². The molecule has 0 aliphatic heterocycles. The molecule has 0 spiro atoms. The summed E-state index contributed by atoms with van der Waals surface area (Å²) in [6, 6.07) is 8.03. The van der Waals surface area contributed by atoms with Gasteiger partial charge in [-0.2, -0.15) is 0 Å². The average molecular weight is 209 g/mol. The minimum atomic E-state index is 0.0679. The summed E-state index contributed by atoms with van der Waals surface area (Å²) >= 11 is 0. The van der Waals surface area contributed by atoms with Crippen molar-refractivity contribution >= 4 is 0 Å². The predicted molar refractivity (Wildman–Crippen MR) is 61.2 cm³/mol. The van der Waals surface area contributed by atoms with Crippen LogP contribution in [0.1, 0.15) is 12.5 Å². The Morgan fingerprint density at radius 3 is 2.47 bits per heavy atom. The van der Waals surface area contributed by atoms with Gasteiger partial charge in [-0.3, -0.25) is 0 Å². The molecule has 1 aromatic rings. The van der Waals surface area contributed by atoms with Crippen molar-refractivity contribution in [1.29, 1.82) is 0 Å². The molecule has 15 heavy (non-hydrogen) atoms. The van der Waals surface area contributed by atoms with Crippen molar-refractivity contribution < 1.29 is 9.47 Å². The molecule has 84 valence electrons. The Kier molecular flexibility index (Phi) is 5.15. The van der Waals surface area contributed by atoms with Crippen LogP contribution in [0, 0.1) is 0 Å². The Morgan fingerprint density at radius 2 is 1.93 bits per heavy atom. The quantitative estimate of drug-likeness (QED) is 0.774. The van der Waals surface area contributed by atoms with Crippen LogP contribution in [0.25, 0.3) is 0 Å². The van der Waals surface area contributed by atoms with Gasteiger partial charge >= 0.3 is 0 Å². The maximum atomic E-state index is 5.91. The van der Waals surface area contributed by atoms with Crippen molar-refractivity contribution in [3.8, 4) is 5.75 Å². The van der Waals surface area contributed by atoms with Gasteiger partial charge in [0.05, 0.1) is 13.7 Å². The fourth-order valence-corrected chi connectivity index (χ4v) is 1.39. The van der Waals surface area contributed by atoms with Crippen molar-refractivity contribution in [2.24, 2.45) is 5.73 Å². The van der Waals surface area contributed by atoms with Crippen LogP contribution in [0.5, 0.6) is 5.75 Å². The normalized spacial score (nSPS) is 12.5.